The predicted molar refractivity (Wildman–Crippen MR) is 79.1 cm³/mol. The maximum Gasteiger partial charge on any atom is 0.310 e. The van der Waals surface area contributed by atoms with Gasteiger partial charge in [0.05, 0.1) is 5.92 Å². The Morgan fingerprint density at radius 3 is 2.50 bits per heavy atom. The van der Waals surface area contributed by atoms with E-state index in [1.54, 1.807) is 31.2 Å². The summed E-state index contributed by atoms with van der Waals surface area (Å²) in [6.45, 7) is 1.75. The molecule has 0 spiro atoms. The lowest BCUT2D eigenvalue weighted by Crippen LogP contribution is -2.14. The zero-order valence-electron chi connectivity index (χ0n) is 11.8. The van der Waals surface area contributed by atoms with Gasteiger partial charge in [-0.1, -0.05) is 25.1 Å². The SMILES string of the molecule is CCC(C(=O)O)c1ccc2c(c1)S(=O)(=O)c1ccccc1O2. The number of sulfone groups is 1. The molecule has 1 N–H and O–H groups in total. The van der Waals surface area contributed by atoms with Crippen LogP contribution in [0.4, 0.5) is 0 Å². The molecule has 0 radical (unpaired) electrons. The van der Waals surface area contributed by atoms with Crippen LogP contribution >= 0.6 is 0 Å². The van der Waals surface area contributed by atoms with Crippen molar-refractivity contribution in [1.29, 1.82) is 0 Å². The Bertz CT molecular complexity index is 855. The van der Waals surface area contributed by atoms with Gasteiger partial charge in [-0.25, -0.2) is 8.42 Å². The van der Waals surface area contributed by atoms with Crippen molar-refractivity contribution in [2.24, 2.45) is 0 Å². The van der Waals surface area contributed by atoms with Crippen molar-refractivity contribution >= 4 is 15.8 Å². The van der Waals surface area contributed by atoms with E-state index in [4.69, 9.17) is 4.74 Å². The van der Waals surface area contributed by atoms with Gasteiger partial charge in [-0.15, -0.1) is 0 Å². The molecule has 0 fully saturated rings. The summed E-state index contributed by atoms with van der Waals surface area (Å²) in [5, 5.41) is 9.24. The third-order valence-corrected chi connectivity index (χ3v) is 5.54. The number of aliphatic carboxylic acids is 1. The molecule has 2 aromatic rings. The fourth-order valence-electron chi connectivity index (χ4n) is 2.58. The Labute approximate surface area is 128 Å². The third kappa shape index (κ3) is 2.16. The number of carbonyl (C=O) groups is 1. The van der Waals surface area contributed by atoms with E-state index in [1.165, 1.54) is 18.2 Å². The first-order valence-corrected chi connectivity index (χ1v) is 8.32. The molecule has 6 heteroatoms. The molecular formula is C16H14O5S. The van der Waals surface area contributed by atoms with Crippen LogP contribution in [-0.2, 0) is 14.6 Å². The van der Waals surface area contributed by atoms with Crippen LogP contribution in [0.3, 0.4) is 0 Å². The Hall–Kier alpha value is -2.34. The molecule has 3 rings (SSSR count). The minimum atomic E-state index is -3.71. The summed E-state index contributed by atoms with van der Waals surface area (Å²) in [5.74, 6) is -1.20. The number of carboxylic acid groups (broad SMARTS) is 1. The molecule has 2 aromatic carbocycles. The van der Waals surface area contributed by atoms with Crippen molar-refractivity contribution in [3.63, 3.8) is 0 Å². The number of fused-ring (bicyclic) bond motifs is 2. The lowest BCUT2D eigenvalue weighted by Gasteiger charge is -2.21. The number of hydrogen-bond donors (Lipinski definition) is 1. The van der Waals surface area contributed by atoms with Crippen LogP contribution in [0.5, 0.6) is 11.5 Å². The standard InChI is InChI=1S/C16H14O5S/c1-2-11(16(17)18)10-7-8-13-15(9-10)22(19,20)14-6-4-3-5-12(14)21-13/h3-9,11H,2H2,1H3,(H,17,18). The smallest absolute Gasteiger partial charge is 0.310 e. The number of hydrogen-bond acceptors (Lipinski definition) is 4. The molecule has 0 bridgehead atoms. The molecule has 1 aliphatic heterocycles. The quantitative estimate of drug-likeness (QED) is 0.802. The van der Waals surface area contributed by atoms with Crippen molar-refractivity contribution < 1.29 is 23.1 Å². The molecule has 0 saturated heterocycles. The summed E-state index contributed by atoms with van der Waals surface area (Å²) in [4.78, 5) is 11.4. The van der Waals surface area contributed by atoms with E-state index in [9.17, 15) is 18.3 Å². The largest absolute Gasteiger partial charge is 0.481 e. The van der Waals surface area contributed by atoms with Gasteiger partial charge >= 0.3 is 5.97 Å². The van der Waals surface area contributed by atoms with Crippen LogP contribution in [0.1, 0.15) is 24.8 Å². The average Bonchev–Trinajstić information content (AvgIpc) is 2.48. The molecule has 1 aliphatic rings. The van der Waals surface area contributed by atoms with Gasteiger partial charge in [-0.2, -0.15) is 0 Å². The summed E-state index contributed by atoms with van der Waals surface area (Å²) >= 11 is 0. The lowest BCUT2D eigenvalue weighted by atomic mass is 9.97. The molecule has 0 aromatic heterocycles. The summed E-state index contributed by atoms with van der Waals surface area (Å²) in [7, 11) is -3.71. The van der Waals surface area contributed by atoms with Crippen LogP contribution in [0.2, 0.25) is 0 Å². The number of carboxylic acids is 1. The topological polar surface area (TPSA) is 80.7 Å². The Morgan fingerprint density at radius 2 is 1.82 bits per heavy atom. The first kappa shape index (κ1) is 14.6. The molecule has 114 valence electrons. The highest BCUT2D eigenvalue weighted by molar-refractivity contribution is 7.91. The monoisotopic (exact) mass is 318 g/mol. The van der Waals surface area contributed by atoms with E-state index >= 15 is 0 Å². The van der Waals surface area contributed by atoms with Crippen molar-refractivity contribution in [2.45, 2.75) is 29.1 Å². The second-order valence-corrected chi connectivity index (χ2v) is 6.94. The first-order valence-electron chi connectivity index (χ1n) is 6.84. The fourth-order valence-corrected chi connectivity index (χ4v) is 4.12. The van der Waals surface area contributed by atoms with E-state index in [2.05, 4.69) is 0 Å². The van der Waals surface area contributed by atoms with Gasteiger partial charge in [0.1, 0.15) is 21.3 Å². The highest BCUT2D eigenvalue weighted by atomic mass is 32.2. The molecule has 22 heavy (non-hydrogen) atoms. The molecule has 0 amide bonds. The molecule has 1 heterocycles. The lowest BCUT2D eigenvalue weighted by molar-refractivity contribution is -0.138. The Balaban J connectivity index is 2.18. The van der Waals surface area contributed by atoms with Gasteiger partial charge in [-0.05, 0) is 36.2 Å². The summed E-state index contributed by atoms with van der Waals surface area (Å²) < 4.78 is 31.0. The molecule has 5 nitrogen and oxygen atoms in total. The van der Waals surface area contributed by atoms with Gasteiger partial charge < -0.3 is 9.84 Å². The van der Waals surface area contributed by atoms with Gasteiger partial charge in [0, 0.05) is 0 Å². The Morgan fingerprint density at radius 1 is 1.14 bits per heavy atom. The third-order valence-electron chi connectivity index (χ3n) is 3.72. The summed E-state index contributed by atoms with van der Waals surface area (Å²) in [6.07, 6.45) is 0.381. The zero-order chi connectivity index (χ0) is 15.9. The van der Waals surface area contributed by atoms with Crippen LogP contribution in [0, 0.1) is 0 Å². The maximum atomic E-state index is 12.7. The summed E-state index contributed by atoms with van der Waals surface area (Å²) in [5.41, 5.74) is 0.459. The highest BCUT2D eigenvalue weighted by Gasteiger charge is 2.32. The van der Waals surface area contributed by atoms with Crippen LogP contribution in [0.15, 0.2) is 52.3 Å². The molecule has 0 saturated carbocycles. The van der Waals surface area contributed by atoms with Gasteiger partial charge in [0.15, 0.2) is 0 Å². The van der Waals surface area contributed by atoms with Crippen molar-refractivity contribution in [2.75, 3.05) is 0 Å². The van der Waals surface area contributed by atoms with Crippen LogP contribution < -0.4 is 4.74 Å². The molecular weight excluding hydrogens is 304 g/mol. The average molecular weight is 318 g/mol. The van der Waals surface area contributed by atoms with Crippen molar-refractivity contribution in [1.82, 2.24) is 0 Å². The number of rotatable bonds is 3. The van der Waals surface area contributed by atoms with E-state index in [0.29, 0.717) is 12.0 Å². The summed E-state index contributed by atoms with van der Waals surface area (Å²) in [6, 6.07) is 10.9. The van der Waals surface area contributed by atoms with E-state index in [1.807, 2.05) is 0 Å². The molecule has 1 atom stereocenters. The first-order chi connectivity index (χ1) is 10.4. The normalized spacial score (nSPS) is 16.0. The van der Waals surface area contributed by atoms with Crippen molar-refractivity contribution in [3.8, 4) is 11.5 Å². The predicted octanol–water partition coefficient (Wildman–Crippen LogP) is 3.20. The minimum absolute atomic E-state index is 0.0170. The molecule has 1 unspecified atom stereocenters. The zero-order valence-corrected chi connectivity index (χ0v) is 12.6. The second kappa shape index (κ2) is 5.14. The van der Waals surface area contributed by atoms with E-state index in [0.717, 1.165) is 0 Å². The number of para-hydroxylation sites is 1. The van der Waals surface area contributed by atoms with Crippen LogP contribution in [-0.4, -0.2) is 19.5 Å². The van der Waals surface area contributed by atoms with Crippen molar-refractivity contribution in [3.05, 3.63) is 48.0 Å². The highest BCUT2D eigenvalue weighted by Crippen LogP contribution is 2.43. The number of ether oxygens (including phenoxy) is 1. The maximum absolute atomic E-state index is 12.7. The van der Waals surface area contributed by atoms with Crippen LogP contribution in [0.25, 0.3) is 0 Å². The fraction of sp³-hybridized carbons (Fsp3) is 0.188. The van der Waals surface area contributed by atoms with Gasteiger partial charge in [-0.3, -0.25) is 4.79 Å². The second-order valence-electron chi connectivity index (χ2n) is 5.06. The number of benzene rings is 2. The van der Waals surface area contributed by atoms with E-state index < -0.39 is 21.7 Å². The minimum Gasteiger partial charge on any atom is -0.481 e. The Kier molecular flexibility index (Phi) is 3.41. The van der Waals surface area contributed by atoms with Gasteiger partial charge in [0.25, 0.3) is 0 Å². The van der Waals surface area contributed by atoms with E-state index in [-0.39, 0.29) is 21.3 Å². The van der Waals surface area contributed by atoms with Gasteiger partial charge in [0.2, 0.25) is 9.84 Å². The molecule has 0 aliphatic carbocycles.